The zero-order valence-electron chi connectivity index (χ0n) is 28.2. The largest absolute Gasteiger partial charge is 0.449 e. The summed E-state index contributed by atoms with van der Waals surface area (Å²) in [7, 11) is 1.38. The lowest BCUT2D eigenvalue weighted by atomic mass is 9.82. The van der Waals surface area contributed by atoms with Crippen molar-refractivity contribution in [2.75, 3.05) is 20.2 Å². The predicted octanol–water partition coefficient (Wildman–Crippen LogP) is 3.90. The Kier molecular flexibility index (Phi) is 11.8. The number of carbonyl (C=O) groups is 5. The molecule has 0 radical (unpaired) electrons. The normalized spacial score (nSPS) is 21.4. The van der Waals surface area contributed by atoms with Crippen LogP contribution in [0.25, 0.3) is 0 Å². The topological polar surface area (TPSA) is 134 Å². The van der Waals surface area contributed by atoms with Gasteiger partial charge in [-0.1, -0.05) is 74.4 Å². The molecule has 6 atom stereocenters. The van der Waals surface area contributed by atoms with E-state index in [1.165, 1.54) is 7.05 Å². The third-order valence-corrected chi connectivity index (χ3v) is 10.2. The number of allylic oxidation sites excluding steroid dienone is 1. The number of ether oxygens (including phenoxy) is 1. The minimum atomic E-state index is -0.993. The number of benzene rings is 1. The first-order valence-electron chi connectivity index (χ1n) is 16.7. The molecule has 47 heavy (non-hydrogen) atoms. The molecular weight excluding hydrogens is 596 g/mol. The predicted molar refractivity (Wildman–Crippen MR) is 180 cm³/mol. The maximum absolute atomic E-state index is 14.6. The van der Waals surface area contributed by atoms with Gasteiger partial charge in [0.15, 0.2) is 0 Å². The van der Waals surface area contributed by atoms with Crippen LogP contribution in [0.2, 0.25) is 0 Å². The second-order valence-corrected chi connectivity index (χ2v) is 13.6. The summed E-state index contributed by atoms with van der Waals surface area (Å²) in [5.74, 6) is -2.95. The first-order chi connectivity index (χ1) is 22.4. The summed E-state index contributed by atoms with van der Waals surface area (Å²) in [6.07, 6.45) is 4.85. The molecule has 1 aliphatic heterocycles. The van der Waals surface area contributed by atoms with Crippen molar-refractivity contribution in [1.29, 1.82) is 0 Å². The number of rotatable bonds is 15. The van der Waals surface area contributed by atoms with Gasteiger partial charge in [-0.15, -0.1) is 6.58 Å². The van der Waals surface area contributed by atoms with Gasteiger partial charge in [0.2, 0.25) is 17.6 Å². The molecule has 1 saturated heterocycles. The molecule has 0 bridgehead atoms. The molecule has 254 valence electrons. The average Bonchev–Trinajstić information content (AvgIpc) is 3.58. The SMILES string of the molecule is C=CC(COC(=O)N[C@H](C(=O)N1CC[C@H](C(C)C(=C)C)[C@H]1C(=O)NC(CC1CC1)C(=O)C(=O)NC)C1Cc2ccccc2C1)C(=C)C. The molecule has 3 aliphatic rings. The minimum Gasteiger partial charge on any atom is -0.449 e. The number of nitrogens with one attached hydrogen (secondary N) is 3. The maximum Gasteiger partial charge on any atom is 0.407 e. The standard InChI is InChI=1S/C37H50N4O6/c1-8-25(22(4)5)20-47-37(46)40-31(28-18-26-11-9-10-12-27(26)19-28)36(45)41-16-15-29(23(6)21(2)3)32(41)34(43)39-30(17-24-13-14-24)33(42)35(44)38-7/h8-12,23-25,28-32H,1-2,4,13-20H2,3,5-7H3,(H,38,44)(H,39,43)(H,40,46)/t23?,25?,29-,30?,31+,32+/m1/s1. The molecule has 1 aromatic rings. The van der Waals surface area contributed by atoms with Crippen molar-refractivity contribution in [2.45, 2.75) is 77.4 Å². The molecule has 1 heterocycles. The molecule has 0 spiro atoms. The number of carbonyl (C=O) groups excluding carboxylic acids is 5. The first-order valence-corrected chi connectivity index (χ1v) is 16.7. The van der Waals surface area contributed by atoms with E-state index in [9.17, 15) is 24.0 Å². The number of hydrogen-bond acceptors (Lipinski definition) is 6. The van der Waals surface area contributed by atoms with Gasteiger partial charge < -0.3 is 25.6 Å². The number of Topliss-reactive ketones (excluding diaryl/α,β-unsaturated/α-hetero) is 1. The van der Waals surface area contributed by atoms with Crippen molar-refractivity contribution in [3.8, 4) is 0 Å². The number of nitrogens with zero attached hydrogens (tertiary/aromatic N) is 1. The van der Waals surface area contributed by atoms with Crippen LogP contribution in [0.3, 0.4) is 0 Å². The smallest absolute Gasteiger partial charge is 0.407 e. The van der Waals surface area contributed by atoms with E-state index in [4.69, 9.17) is 4.74 Å². The lowest BCUT2D eigenvalue weighted by molar-refractivity contribution is -0.144. The number of amides is 4. The van der Waals surface area contributed by atoms with E-state index in [1.807, 2.05) is 45.0 Å². The Morgan fingerprint density at radius 2 is 1.64 bits per heavy atom. The van der Waals surface area contributed by atoms with E-state index in [2.05, 4.69) is 35.7 Å². The van der Waals surface area contributed by atoms with Gasteiger partial charge in [-0.3, -0.25) is 19.2 Å². The number of ketones is 1. The Morgan fingerprint density at radius 3 is 2.17 bits per heavy atom. The molecule has 1 saturated carbocycles. The van der Waals surface area contributed by atoms with E-state index in [0.29, 0.717) is 25.7 Å². The van der Waals surface area contributed by atoms with E-state index >= 15 is 0 Å². The van der Waals surface area contributed by atoms with Crippen molar-refractivity contribution in [1.82, 2.24) is 20.9 Å². The van der Waals surface area contributed by atoms with Crippen LogP contribution in [0.1, 0.15) is 57.6 Å². The highest BCUT2D eigenvalue weighted by atomic mass is 16.5. The Hall–Kier alpha value is -4.21. The van der Waals surface area contributed by atoms with Gasteiger partial charge in [0.1, 0.15) is 18.7 Å². The molecule has 2 aliphatic carbocycles. The highest BCUT2D eigenvalue weighted by Crippen LogP contribution is 2.37. The molecule has 2 fully saturated rings. The molecule has 10 nitrogen and oxygen atoms in total. The molecule has 1 aromatic carbocycles. The maximum atomic E-state index is 14.6. The summed E-state index contributed by atoms with van der Waals surface area (Å²) in [4.78, 5) is 68.9. The van der Waals surface area contributed by atoms with Crippen LogP contribution in [-0.2, 0) is 36.8 Å². The van der Waals surface area contributed by atoms with E-state index in [1.54, 1.807) is 11.0 Å². The lowest BCUT2D eigenvalue weighted by Crippen LogP contribution is -2.59. The summed E-state index contributed by atoms with van der Waals surface area (Å²) in [6, 6.07) is 5.07. The van der Waals surface area contributed by atoms with Crippen molar-refractivity contribution in [3.63, 3.8) is 0 Å². The summed E-state index contributed by atoms with van der Waals surface area (Å²) in [5.41, 5.74) is 3.89. The van der Waals surface area contributed by atoms with E-state index in [-0.39, 0.29) is 48.6 Å². The zero-order chi connectivity index (χ0) is 34.4. The molecule has 10 heteroatoms. The molecule has 4 amide bonds. The van der Waals surface area contributed by atoms with Gasteiger partial charge in [-0.25, -0.2) is 4.79 Å². The Labute approximate surface area is 278 Å². The van der Waals surface area contributed by atoms with Crippen molar-refractivity contribution in [3.05, 3.63) is 72.4 Å². The number of alkyl carbamates (subject to hydrolysis) is 1. The fourth-order valence-electron chi connectivity index (χ4n) is 6.88. The minimum absolute atomic E-state index is 0.0329. The van der Waals surface area contributed by atoms with Gasteiger partial charge in [-0.2, -0.15) is 0 Å². The molecular formula is C37H50N4O6. The fourth-order valence-corrected chi connectivity index (χ4v) is 6.88. The van der Waals surface area contributed by atoms with Gasteiger partial charge in [-0.05, 0) is 74.3 Å². The highest BCUT2D eigenvalue weighted by Gasteiger charge is 2.48. The third-order valence-electron chi connectivity index (χ3n) is 10.2. The monoisotopic (exact) mass is 646 g/mol. The Bertz CT molecular complexity index is 1390. The second-order valence-electron chi connectivity index (χ2n) is 13.6. The van der Waals surface area contributed by atoms with Crippen molar-refractivity contribution in [2.24, 2.45) is 29.6 Å². The average molecular weight is 647 g/mol. The van der Waals surface area contributed by atoms with Crippen LogP contribution in [0.15, 0.2) is 61.2 Å². The van der Waals surface area contributed by atoms with Crippen molar-refractivity contribution < 1.29 is 28.7 Å². The molecule has 0 aromatic heterocycles. The van der Waals surface area contributed by atoms with Gasteiger partial charge in [0, 0.05) is 19.5 Å². The van der Waals surface area contributed by atoms with Crippen LogP contribution in [0, 0.1) is 29.6 Å². The van der Waals surface area contributed by atoms with Crippen LogP contribution < -0.4 is 16.0 Å². The molecule has 3 N–H and O–H groups in total. The van der Waals surface area contributed by atoms with Crippen LogP contribution in [0.5, 0.6) is 0 Å². The number of likely N-dealkylation sites (N-methyl/N-ethyl adjacent to an activating group) is 1. The summed E-state index contributed by atoms with van der Waals surface area (Å²) >= 11 is 0. The highest BCUT2D eigenvalue weighted by molar-refractivity contribution is 6.38. The number of likely N-dealkylation sites (tertiary alicyclic amines) is 1. The van der Waals surface area contributed by atoms with E-state index in [0.717, 1.165) is 35.1 Å². The van der Waals surface area contributed by atoms with Crippen LogP contribution >= 0.6 is 0 Å². The molecule has 3 unspecified atom stereocenters. The lowest BCUT2D eigenvalue weighted by Gasteiger charge is -2.35. The van der Waals surface area contributed by atoms with Gasteiger partial charge in [0.05, 0.1) is 6.04 Å². The molecule has 4 rings (SSSR count). The van der Waals surface area contributed by atoms with Gasteiger partial charge in [0.25, 0.3) is 5.91 Å². The zero-order valence-corrected chi connectivity index (χ0v) is 28.2. The van der Waals surface area contributed by atoms with E-state index < -0.39 is 41.8 Å². The number of hydrogen-bond donors (Lipinski definition) is 3. The third kappa shape index (κ3) is 8.58. The summed E-state index contributed by atoms with van der Waals surface area (Å²) in [6.45, 7) is 17.9. The first kappa shape index (κ1) is 35.6. The summed E-state index contributed by atoms with van der Waals surface area (Å²) in [5, 5.41) is 8.09. The number of fused-ring (bicyclic) bond motifs is 1. The van der Waals surface area contributed by atoms with Gasteiger partial charge >= 0.3 is 6.09 Å². The van der Waals surface area contributed by atoms with Crippen LogP contribution in [0.4, 0.5) is 4.79 Å². The Balaban J connectivity index is 1.62. The quantitative estimate of drug-likeness (QED) is 0.196. The van der Waals surface area contributed by atoms with Crippen LogP contribution in [-0.4, -0.2) is 72.8 Å². The van der Waals surface area contributed by atoms with Crippen molar-refractivity contribution >= 4 is 29.6 Å². The second kappa shape index (κ2) is 15.6. The Morgan fingerprint density at radius 1 is 1.00 bits per heavy atom. The summed E-state index contributed by atoms with van der Waals surface area (Å²) < 4.78 is 5.54. The fraction of sp³-hybridized carbons (Fsp3) is 0.541.